The highest BCUT2D eigenvalue weighted by atomic mass is 16.6. The van der Waals surface area contributed by atoms with Gasteiger partial charge in [-0.15, -0.1) is 0 Å². The molecule has 5 atom stereocenters. The van der Waals surface area contributed by atoms with Crippen LogP contribution in [0, 0.1) is 6.92 Å². The molecule has 3 heterocycles. The van der Waals surface area contributed by atoms with E-state index in [-0.39, 0.29) is 12.1 Å². The number of aliphatic hydroxyl groups is 2. The maximum atomic E-state index is 11.9. The Labute approximate surface area is 119 Å². The molecule has 9 nitrogen and oxygen atoms in total. The van der Waals surface area contributed by atoms with Crippen LogP contribution in [0.2, 0.25) is 0 Å². The number of hydrogen-bond acceptors (Lipinski definition) is 7. The highest BCUT2D eigenvalue weighted by molar-refractivity contribution is 5.13. The van der Waals surface area contributed by atoms with Crippen molar-refractivity contribution >= 4 is 0 Å². The van der Waals surface area contributed by atoms with Crippen LogP contribution >= 0.6 is 0 Å². The SMILES string of the molecule is Cc1cn(C2OC3CN(O)C(C)C3(O)C2O)c(=O)[nH]c1=O. The summed E-state index contributed by atoms with van der Waals surface area (Å²) in [6.45, 7) is 3.09. The molecule has 2 aliphatic rings. The maximum absolute atomic E-state index is 11.9. The molecule has 0 saturated carbocycles. The summed E-state index contributed by atoms with van der Waals surface area (Å²) in [6.07, 6.45) is -2.10. The highest BCUT2D eigenvalue weighted by Gasteiger charge is 2.64. The molecule has 2 aliphatic heterocycles. The largest absolute Gasteiger partial charge is 0.385 e. The fourth-order valence-corrected chi connectivity index (χ4v) is 3.04. The molecule has 0 bridgehead atoms. The molecule has 1 aromatic heterocycles. The third-order valence-electron chi connectivity index (χ3n) is 4.45. The molecule has 21 heavy (non-hydrogen) atoms. The van der Waals surface area contributed by atoms with Gasteiger partial charge in [0.05, 0.1) is 12.6 Å². The van der Waals surface area contributed by atoms with Crippen LogP contribution < -0.4 is 11.2 Å². The van der Waals surface area contributed by atoms with Crippen molar-refractivity contribution in [2.24, 2.45) is 0 Å². The molecule has 0 radical (unpaired) electrons. The summed E-state index contributed by atoms with van der Waals surface area (Å²) < 4.78 is 6.59. The molecule has 5 unspecified atom stereocenters. The van der Waals surface area contributed by atoms with Crippen LogP contribution in [0.25, 0.3) is 0 Å². The summed E-state index contributed by atoms with van der Waals surface area (Å²) >= 11 is 0. The average molecular weight is 299 g/mol. The Balaban J connectivity index is 2.03. The van der Waals surface area contributed by atoms with E-state index in [0.29, 0.717) is 0 Å². The Bertz CT molecular complexity index is 684. The lowest BCUT2D eigenvalue weighted by Crippen LogP contribution is -2.54. The van der Waals surface area contributed by atoms with Crippen molar-refractivity contribution in [3.8, 4) is 0 Å². The number of nitrogens with zero attached hydrogens (tertiary/aromatic N) is 2. The molecule has 0 spiro atoms. The molecular weight excluding hydrogens is 282 g/mol. The first-order chi connectivity index (χ1) is 9.76. The molecule has 0 aliphatic carbocycles. The Morgan fingerprint density at radius 2 is 2.14 bits per heavy atom. The summed E-state index contributed by atoms with van der Waals surface area (Å²) in [7, 11) is 0. The minimum atomic E-state index is -1.69. The van der Waals surface area contributed by atoms with E-state index in [9.17, 15) is 25.0 Å². The van der Waals surface area contributed by atoms with Crippen LogP contribution in [0.4, 0.5) is 0 Å². The predicted molar refractivity (Wildman–Crippen MR) is 68.9 cm³/mol. The molecule has 2 saturated heterocycles. The van der Waals surface area contributed by atoms with Gasteiger partial charge in [-0.1, -0.05) is 0 Å². The Morgan fingerprint density at radius 3 is 2.76 bits per heavy atom. The van der Waals surface area contributed by atoms with Gasteiger partial charge in [0.2, 0.25) is 0 Å². The quantitative estimate of drug-likeness (QED) is 0.469. The predicted octanol–water partition coefficient (Wildman–Crippen LogP) is -2.07. The van der Waals surface area contributed by atoms with Crippen molar-refractivity contribution in [2.75, 3.05) is 6.54 Å². The van der Waals surface area contributed by atoms with Crippen LogP contribution in [0.5, 0.6) is 0 Å². The van der Waals surface area contributed by atoms with Gasteiger partial charge < -0.3 is 20.2 Å². The van der Waals surface area contributed by atoms with Gasteiger partial charge >= 0.3 is 5.69 Å². The number of nitrogens with one attached hydrogen (secondary N) is 1. The molecule has 1 aromatic rings. The second-order valence-electron chi connectivity index (χ2n) is 5.62. The second kappa shape index (κ2) is 4.49. The smallest absolute Gasteiger partial charge is 0.330 e. The first kappa shape index (κ1) is 14.4. The lowest BCUT2D eigenvalue weighted by Gasteiger charge is -2.31. The molecule has 3 rings (SSSR count). The molecule has 4 N–H and O–H groups in total. The van der Waals surface area contributed by atoms with Gasteiger partial charge in [-0.2, -0.15) is 5.06 Å². The summed E-state index contributed by atoms with van der Waals surface area (Å²) in [6, 6.07) is -0.748. The van der Waals surface area contributed by atoms with E-state index in [1.165, 1.54) is 13.1 Å². The summed E-state index contributed by atoms with van der Waals surface area (Å²) in [4.78, 5) is 25.4. The van der Waals surface area contributed by atoms with Crippen molar-refractivity contribution in [3.05, 3.63) is 32.6 Å². The molecule has 0 aromatic carbocycles. The number of aromatic amines is 1. The number of ether oxygens (including phenoxy) is 1. The van der Waals surface area contributed by atoms with Gasteiger partial charge in [-0.05, 0) is 13.8 Å². The van der Waals surface area contributed by atoms with Crippen LogP contribution in [0.3, 0.4) is 0 Å². The second-order valence-corrected chi connectivity index (χ2v) is 5.62. The first-order valence-corrected chi connectivity index (χ1v) is 6.60. The van der Waals surface area contributed by atoms with Crippen molar-refractivity contribution in [2.45, 2.75) is 43.9 Å². The average Bonchev–Trinajstić information content (AvgIpc) is 2.79. The minimum absolute atomic E-state index is 0.0162. The normalized spacial score (nSPS) is 39.7. The minimum Gasteiger partial charge on any atom is -0.385 e. The van der Waals surface area contributed by atoms with Crippen LogP contribution in [-0.4, -0.2) is 60.4 Å². The zero-order chi connectivity index (χ0) is 15.5. The van der Waals surface area contributed by atoms with Gasteiger partial charge in [-0.3, -0.25) is 14.3 Å². The van der Waals surface area contributed by atoms with E-state index in [1.54, 1.807) is 6.92 Å². The zero-order valence-electron chi connectivity index (χ0n) is 11.6. The van der Waals surface area contributed by atoms with E-state index in [1.807, 2.05) is 0 Å². The number of hydrogen-bond donors (Lipinski definition) is 4. The number of aryl methyl sites for hydroxylation is 1. The maximum Gasteiger partial charge on any atom is 0.330 e. The van der Waals surface area contributed by atoms with Crippen molar-refractivity contribution in [1.82, 2.24) is 14.6 Å². The number of aliphatic hydroxyl groups excluding tert-OH is 1. The van der Waals surface area contributed by atoms with Crippen LogP contribution in [0.1, 0.15) is 18.7 Å². The van der Waals surface area contributed by atoms with Gasteiger partial charge in [-0.25, -0.2) is 4.79 Å². The molecule has 9 heteroatoms. The van der Waals surface area contributed by atoms with Crippen LogP contribution in [-0.2, 0) is 4.74 Å². The third-order valence-corrected chi connectivity index (χ3v) is 4.45. The number of H-pyrrole nitrogens is 1. The lowest BCUT2D eigenvalue weighted by molar-refractivity contribution is -0.162. The molecule has 116 valence electrons. The Kier molecular flexibility index (Phi) is 3.08. The van der Waals surface area contributed by atoms with E-state index < -0.39 is 41.3 Å². The fraction of sp³-hybridized carbons (Fsp3) is 0.667. The van der Waals surface area contributed by atoms with Crippen molar-refractivity contribution in [3.63, 3.8) is 0 Å². The number of fused-ring (bicyclic) bond motifs is 1. The van der Waals surface area contributed by atoms with E-state index in [2.05, 4.69) is 4.98 Å². The van der Waals surface area contributed by atoms with E-state index in [4.69, 9.17) is 4.74 Å². The van der Waals surface area contributed by atoms with E-state index >= 15 is 0 Å². The van der Waals surface area contributed by atoms with Gasteiger partial charge in [0, 0.05) is 11.8 Å². The van der Waals surface area contributed by atoms with Crippen LogP contribution in [0.15, 0.2) is 15.8 Å². The Hall–Kier alpha value is -1.52. The lowest BCUT2D eigenvalue weighted by atomic mass is 9.89. The van der Waals surface area contributed by atoms with Gasteiger partial charge in [0.25, 0.3) is 5.56 Å². The van der Waals surface area contributed by atoms with Crippen molar-refractivity contribution < 1.29 is 20.2 Å². The van der Waals surface area contributed by atoms with Crippen molar-refractivity contribution in [1.29, 1.82) is 0 Å². The summed E-state index contributed by atoms with van der Waals surface area (Å²) in [5, 5.41) is 31.5. The monoisotopic (exact) mass is 299 g/mol. The standard InChI is InChI=1S/C12H17N3O6/c1-5-3-14(11(18)13-9(5)17)10-8(16)12(19)6(2)15(20)4-7(12)21-10/h3,6-8,10,16,19-20H,4H2,1-2H3,(H,13,17,18). The number of aromatic nitrogens is 2. The number of rotatable bonds is 1. The third kappa shape index (κ3) is 1.82. The summed E-state index contributed by atoms with van der Waals surface area (Å²) in [5.41, 5.74) is -2.65. The zero-order valence-corrected chi connectivity index (χ0v) is 11.6. The first-order valence-electron chi connectivity index (χ1n) is 6.60. The Morgan fingerprint density at radius 1 is 1.48 bits per heavy atom. The molecular formula is C12H17N3O6. The van der Waals surface area contributed by atoms with Gasteiger partial charge in [0.15, 0.2) is 6.23 Å². The van der Waals surface area contributed by atoms with Gasteiger partial charge in [0.1, 0.15) is 17.8 Å². The molecule has 0 amide bonds. The fourth-order valence-electron chi connectivity index (χ4n) is 3.04. The molecule has 2 fully saturated rings. The topological polar surface area (TPSA) is 128 Å². The highest BCUT2D eigenvalue weighted by Crippen LogP contribution is 2.44. The number of hydroxylamine groups is 2. The summed E-state index contributed by atoms with van der Waals surface area (Å²) in [5.74, 6) is 0. The van der Waals surface area contributed by atoms with E-state index in [0.717, 1.165) is 9.63 Å².